The minimum Gasteiger partial charge on any atom is -0.493 e. The second-order valence-electron chi connectivity index (χ2n) is 10.6. The Labute approximate surface area is 211 Å². The Kier molecular flexibility index (Phi) is 6.29. The maximum atomic E-state index is 13.0. The van der Waals surface area contributed by atoms with E-state index in [4.69, 9.17) is 24.7 Å². The molecule has 196 valence electrons. The maximum absolute atomic E-state index is 13.0. The number of carbonyl (C=O) groups excluding carboxylic acids is 2. The lowest BCUT2D eigenvalue weighted by Crippen LogP contribution is -2.74. The van der Waals surface area contributed by atoms with Crippen LogP contribution in [0.2, 0.25) is 0 Å². The average Bonchev–Trinajstić information content (AvgIpc) is 3.22. The van der Waals surface area contributed by atoms with Crippen LogP contribution in [0.5, 0.6) is 11.5 Å². The summed E-state index contributed by atoms with van der Waals surface area (Å²) < 4.78 is 23.3. The van der Waals surface area contributed by atoms with Crippen molar-refractivity contribution in [1.29, 1.82) is 0 Å². The van der Waals surface area contributed by atoms with Gasteiger partial charge in [-0.2, -0.15) is 0 Å². The molecule has 1 aromatic carbocycles. The number of hydrogen-bond donors (Lipinski definition) is 2. The van der Waals surface area contributed by atoms with E-state index in [0.29, 0.717) is 55.9 Å². The van der Waals surface area contributed by atoms with Crippen LogP contribution in [0.3, 0.4) is 0 Å². The number of carbonyl (C=O) groups is 2. The fourth-order valence-electron chi connectivity index (χ4n) is 6.67. The maximum Gasteiger partial charge on any atom is 0.352 e. The highest BCUT2D eigenvalue weighted by Gasteiger charge is 2.72. The van der Waals surface area contributed by atoms with Crippen molar-refractivity contribution in [3.05, 3.63) is 35.1 Å². The van der Waals surface area contributed by atoms with Crippen molar-refractivity contribution in [2.24, 2.45) is 11.7 Å². The fourth-order valence-corrected chi connectivity index (χ4v) is 6.67. The number of piperidine rings is 1. The average molecular weight is 501 g/mol. The molecule has 0 unspecified atom stereocenters. The summed E-state index contributed by atoms with van der Waals surface area (Å²) in [5.41, 5.74) is 5.77. The molecule has 2 bridgehead atoms. The van der Waals surface area contributed by atoms with E-state index >= 15 is 0 Å². The van der Waals surface area contributed by atoms with E-state index in [-0.39, 0.29) is 12.0 Å². The lowest BCUT2D eigenvalue weighted by atomic mass is 9.50. The molecule has 5 rings (SSSR count). The molecule has 2 aliphatic carbocycles. The number of esters is 2. The molecular weight excluding hydrogens is 464 g/mol. The first-order valence-corrected chi connectivity index (χ1v) is 12.8. The largest absolute Gasteiger partial charge is 0.493 e. The van der Waals surface area contributed by atoms with Gasteiger partial charge in [0.25, 0.3) is 0 Å². The summed E-state index contributed by atoms with van der Waals surface area (Å²) in [5.74, 6) is 0.0641. The van der Waals surface area contributed by atoms with E-state index in [1.54, 1.807) is 20.1 Å². The number of nitrogens with zero attached hydrogens (tertiary/aromatic N) is 1. The predicted molar refractivity (Wildman–Crippen MR) is 131 cm³/mol. The molecule has 0 amide bonds. The molecular formula is C27H36N2O7. The van der Waals surface area contributed by atoms with E-state index in [2.05, 4.69) is 4.90 Å². The molecule has 1 fully saturated rings. The molecule has 9 nitrogen and oxygen atoms in total. The van der Waals surface area contributed by atoms with Gasteiger partial charge in [0.05, 0.1) is 24.0 Å². The van der Waals surface area contributed by atoms with E-state index in [0.717, 1.165) is 17.7 Å². The van der Waals surface area contributed by atoms with Gasteiger partial charge >= 0.3 is 11.9 Å². The fraction of sp³-hybridized carbons (Fsp3) is 0.630. The minimum absolute atomic E-state index is 0.0902. The monoisotopic (exact) mass is 500 g/mol. The van der Waals surface area contributed by atoms with Crippen molar-refractivity contribution >= 4 is 11.9 Å². The van der Waals surface area contributed by atoms with E-state index in [1.165, 1.54) is 6.92 Å². The highest BCUT2D eigenvalue weighted by molar-refractivity contribution is 5.80. The summed E-state index contributed by atoms with van der Waals surface area (Å²) in [7, 11) is 3.63. The second-order valence-corrected chi connectivity index (χ2v) is 10.6. The molecule has 3 N–H and O–H groups in total. The minimum atomic E-state index is -1.08. The zero-order valence-corrected chi connectivity index (χ0v) is 21.4. The first kappa shape index (κ1) is 25.0. The van der Waals surface area contributed by atoms with Crippen LogP contribution in [0.1, 0.15) is 50.7 Å². The molecule has 9 heteroatoms. The second kappa shape index (κ2) is 9.04. The van der Waals surface area contributed by atoms with Crippen LogP contribution in [-0.2, 0) is 30.9 Å². The van der Waals surface area contributed by atoms with Crippen molar-refractivity contribution in [3.8, 4) is 11.5 Å². The lowest BCUT2D eigenvalue weighted by Gasteiger charge is -2.61. The third-order valence-corrected chi connectivity index (χ3v) is 8.64. The molecule has 0 aromatic heterocycles. The summed E-state index contributed by atoms with van der Waals surface area (Å²) >= 11 is 0. The van der Waals surface area contributed by atoms with Crippen LogP contribution < -0.4 is 15.2 Å². The Morgan fingerprint density at radius 2 is 2.08 bits per heavy atom. The van der Waals surface area contributed by atoms with Gasteiger partial charge in [-0.05, 0) is 70.5 Å². The van der Waals surface area contributed by atoms with Crippen molar-refractivity contribution in [1.82, 2.24) is 4.90 Å². The number of ether oxygens (including phenoxy) is 4. The highest BCUT2D eigenvalue weighted by atomic mass is 16.6. The smallest absolute Gasteiger partial charge is 0.352 e. The van der Waals surface area contributed by atoms with Crippen molar-refractivity contribution in [2.45, 2.75) is 75.2 Å². The molecule has 1 aromatic rings. The number of aliphatic hydroxyl groups is 1. The van der Waals surface area contributed by atoms with Gasteiger partial charge in [0.2, 0.25) is 0 Å². The van der Waals surface area contributed by atoms with Gasteiger partial charge in [0.1, 0.15) is 5.76 Å². The van der Waals surface area contributed by atoms with Gasteiger partial charge in [-0.25, -0.2) is 4.79 Å². The summed E-state index contributed by atoms with van der Waals surface area (Å²) in [4.78, 5) is 27.6. The van der Waals surface area contributed by atoms with Gasteiger partial charge in [-0.3, -0.25) is 4.79 Å². The molecule has 2 heterocycles. The molecule has 1 spiro atoms. The number of methoxy groups -OCH3 is 1. The number of nitrogens with two attached hydrogens (primary N) is 1. The number of rotatable bonds is 8. The van der Waals surface area contributed by atoms with Crippen LogP contribution >= 0.6 is 0 Å². The number of hydrogen-bond acceptors (Lipinski definition) is 9. The normalized spacial score (nSPS) is 31.4. The first-order chi connectivity index (χ1) is 17.2. The van der Waals surface area contributed by atoms with Crippen LogP contribution in [0, 0.1) is 5.92 Å². The number of likely N-dealkylation sites (tertiary alicyclic amines) is 1. The molecule has 0 radical (unpaired) electrons. The van der Waals surface area contributed by atoms with Gasteiger partial charge in [0, 0.05) is 18.0 Å². The zero-order valence-electron chi connectivity index (χ0n) is 21.4. The van der Waals surface area contributed by atoms with Crippen LogP contribution in [0.4, 0.5) is 0 Å². The predicted octanol–water partition coefficient (Wildman–Crippen LogP) is 1.82. The Morgan fingerprint density at radius 1 is 1.31 bits per heavy atom. The SMILES string of the molecule is COc1ccc2c3c1O[C@H]1C(OC(=O)[C@H](C)OC(=O)[C@@H](C)CCCN)=CC[C@@]4(O)[C@@H](C2)N(C)CC[C@]314. The lowest BCUT2D eigenvalue weighted by molar-refractivity contribution is -0.176. The summed E-state index contributed by atoms with van der Waals surface area (Å²) in [6, 6.07) is 3.85. The standard InChI is InChI=1S/C27H36N2O7/c1-15(6-5-12-28)24(30)34-16(2)25(31)35-19-9-10-27(32)20-14-17-7-8-18(33-4)22-21(17)26(27,23(19)36-22)11-13-29(20)3/h7-9,15-16,20,23,32H,5-6,10-14,28H2,1-4H3/t15-,16-,20+,23-,26-,27+/m0/s1. The van der Waals surface area contributed by atoms with E-state index in [1.807, 2.05) is 19.2 Å². The third-order valence-electron chi connectivity index (χ3n) is 8.64. The van der Waals surface area contributed by atoms with E-state index in [9.17, 15) is 14.7 Å². The molecule has 4 aliphatic rings. The third kappa shape index (κ3) is 3.47. The molecule has 6 atom stereocenters. The molecule has 0 saturated carbocycles. The summed E-state index contributed by atoms with van der Waals surface area (Å²) in [6.45, 7) is 4.53. The van der Waals surface area contributed by atoms with E-state index < -0.39 is 35.2 Å². The van der Waals surface area contributed by atoms with Crippen LogP contribution in [0.15, 0.2) is 24.0 Å². The summed E-state index contributed by atoms with van der Waals surface area (Å²) in [5, 5.41) is 12.2. The van der Waals surface area contributed by atoms with Gasteiger partial charge in [-0.1, -0.05) is 13.0 Å². The van der Waals surface area contributed by atoms with Crippen LogP contribution in [0.25, 0.3) is 0 Å². The van der Waals surface area contributed by atoms with Gasteiger partial charge in [-0.15, -0.1) is 0 Å². The highest BCUT2D eigenvalue weighted by Crippen LogP contribution is 2.65. The van der Waals surface area contributed by atoms with Crippen LogP contribution in [-0.4, -0.2) is 73.0 Å². The number of likely N-dealkylation sites (N-methyl/N-ethyl adjacent to an activating group) is 1. The van der Waals surface area contributed by atoms with Crippen molar-refractivity contribution in [3.63, 3.8) is 0 Å². The Bertz CT molecular complexity index is 1100. The Balaban J connectivity index is 1.43. The molecule has 2 aliphatic heterocycles. The molecule has 1 saturated heterocycles. The van der Waals surface area contributed by atoms with Gasteiger partial charge < -0.3 is 34.7 Å². The Morgan fingerprint density at radius 3 is 2.81 bits per heavy atom. The Hall–Kier alpha value is -2.62. The van der Waals surface area contributed by atoms with Gasteiger partial charge in [0.15, 0.2) is 23.7 Å². The van der Waals surface area contributed by atoms with Crippen molar-refractivity contribution in [2.75, 3.05) is 27.2 Å². The van der Waals surface area contributed by atoms with Crippen molar-refractivity contribution < 1.29 is 33.6 Å². The number of benzene rings is 1. The topological polar surface area (TPSA) is 121 Å². The molecule has 36 heavy (non-hydrogen) atoms. The zero-order chi connectivity index (χ0) is 25.8. The summed E-state index contributed by atoms with van der Waals surface area (Å²) in [6.07, 6.45) is 2.96. The quantitative estimate of drug-likeness (QED) is 0.515. The first-order valence-electron chi connectivity index (χ1n) is 12.8.